The second-order valence-electron chi connectivity index (χ2n) is 4.68. The van der Waals surface area contributed by atoms with Gasteiger partial charge in [-0.15, -0.1) is 0 Å². The highest BCUT2D eigenvalue weighted by atomic mass is 35.5. The molecule has 0 spiro atoms. The van der Waals surface area contributed by atoms with Crippen molar-refractivity contribution in [2.75, 3.05) is 6.54 Å². The maximum Gasteiger partial charge on any atom is 0.243 e. The zero-order valence-electron chi connectivity index (χ0n) is 11.6. The summed E-state index contributed by atoms with van der Waals surface area (Å²) in [5.74, 6) is -0.714. The molecule has 2 aromatic carbocycles. The molecule has 1 amide bonds. The first-order chi connectivity index (χ1) is 10.4. The predicted molar refractivity (Wildman–Crippen MR) is 84.7 cm³/mol. The van der Waals surface area contributed by atoms with E-state index < -0.39 is 15.9 Å². The van der Waals surface area contributed by atoms with Crippen LogP contribution in [0.1, 0.15) is 5.56 Å². The van der Waals surface area contributed by atoms with Gasteiger partial charge in [-0.1, -0.05) is 41.9 Å². The molecule has 7 heteroatoms. The Kier molecular flexibility index (Phi) is 5.18. The van der Waals surface area contributed by atoms with Crippen LogP contribution >= 0.6 is 11.6 Å². The van der Waals surface area contributed by atoms with E-state index in [1.165, 1.54) is 24.3 Å². The Hall–Kier alpha value is -1.89. The Bertz CT molecular complexity index is 746. The fourth-order valence-corrected chi connectivity index (χ4v) is 3.46. The van der Waals surface area contributed by atoms with Crippen LogP contribution in [0.15, 0.2) is 59.5 Å². The summed E-state index contributed by atoms with van der Waals surface area (Å²) in [5.41, 5.74) is 5.94. The largest absolute Gasteiger partial charge is 0.369 e. The molecule has 0 radical (unpaired) electrons. The third-order valence-corrected chi connectivity index (χ3v) is 5.04. The molecule has 0 bridgehead atoms. The molecule has 0 saturated heterocycles. The average molecular weight is 339 g/mol. The van der Waals surface area contributed by atoms with Gasteiger partial charge in [0.05, 0.1) is 11.4 Å². The van der Waals surface area contributed by atoms with Gasteiger partial charge in [-0.05, 0) is 29.8 Å². The minimum atomic E-state index is -3.84. The van der Waals surface area contributed by atoms with Gasteiger partial charge >= 0.3 is 0 Å². The van der Waals surface area contributed by atoms with E-state index in [-0.39, 0.29) is 18.0 Å². The summed E-state index contributed by atoms with van der Waals surface area (Å²) >= 11 is 5.77. The number of nitrogens with two attached hydrogens (primary N) is 1. The zero-order chi connectivity index (χ0) is 16.2. The van der Waals surface area contributed by atoms with Crippen LogP contribution in [-0.4, -0.2) is 25.2 Å². The predicted octanol–water partition coefficient (Wildman–Crippen LogP) is 2.02. The molecule has 0 unspecified atom stereocenters. The molecule has 2 rings (SSSR count). The lowest BCUT2D eigenvalue weighted by Gasteiger charge is -2.21. The number of sulfonamides is 1. The van der Waals surface area contributed by atoms with Crippen LogP contribution in [0.2, 0.25) is 5.02 Å². The van der Waals surface area contributed by atoms with Gasteiger partial charge in [0, 0.05) is 11.6 Å². The first-order valence-electron chi connectivity index (χ1n) is 6.47. The fraction of sp³-hybridized carbons (Fsp3) is 0.133. The molecule has 2 aromatic rings. The zero-order valence-corrected chi connectivity index (χ0v) is 13.2. The normalized spacial score (nSPS) is 11.5. The van der Waals surface area contributed by atoms with Gasteiger partial charge in [-0.2, -0.15) is 4.31 Å². The lowest BCUT2D eigenvalue weighted by molar-refractivity contribution is -0.118. The van der Waals surface area contributed by atoms with Gasteiger partial charge in [-0.25, -0.2) is 8.42 Å². The number of nitrogens with zero attached hydrogens (tertiary/aromatic N) is 1. The molecule has 5 nitrogen and oxygen atoms in total. The second kappa shape index (κ2) is 6.91. The molecular formula is C15H15ClN2O3S. The highest BCUT2D eigenvalue weighted by Gasteiger charge is 2.26. The fourth-order valence-electron chi connectivity index (χ4n) is 1.94. The number of hydrogen-bond donors (Lipinski definition) is 1. The van der Waals surface area contributed by atoms with Crippen molar-refractivity contribution in [1.29, 1.82) is 0 Å². The topological polar surface area (TPSA) is 80.5 Å². The highest BCUT2D eigenvalue weighted by Crippen LogP contribution is 2.20. The molecular weight excluding hydrogens is 324 g/mol. The number of carbonyl (C=O) groups is 1. The van der Waals surface area contributed by atoms with E-state index in [9.17, 15) is 13.2 Å². The lowest BCUT2D eigenvalue weighted by atomic mass is 10.2. The summed E-state index contributed by atoms with van der Waals surface area (Å²) in [6, 6.07) is 14.8. The monoisotopic (exact) mass is 338 g/mol. The van der Waals surface area contributed by atoms with E-state index in [0.717, 1.165) is 9.87 Å². The van der Waals surface area contributed by atoms with Crippen molar-refractivity contribution in [3.8, 4) is 0 Å². The van der Waals surface area contributed by atoms with Gasteiger partial charge in [0.2, 0.25) is 15.9 Å². The molecule has 0 aliphatic carbocycles. The first-order valence-corrected chi connectivity index (χ1v) is 8.29. The Morgan fingerprint density at radius 1 is 1.05 bits per heavy atom. The highest BCUT2D eigenvalue weighted by molar-refractivity contribution is 7.89. The average Bonchev–Trinajstić information content (AvgIpc) is 2.47. The van der Waals surface area contributed by atoms with Crippen molar-refractivity contribution in [2.24, 2.45) is 5.73 Å². The van der Waals surface area contributed by atoms with Crippen LogP contribution < -0.4 is 5.73 Å². The smallest absolute Gasteiger partial charge is 0.243 e. The minimum absolute atomic E-state index is 0.0640. The summed E-state index contributed by atoms with van der Waals surface area (Å²) in [6.07, 6.45) is 0. The minimum Gasteiger partial charge on any atom is -0.369 e. The van der Waals surface area contributed by atoms with Crippen LogP contribution in [0.3, 0.4) is 0 Å². The number of halogens is 1. The van der Waals surface area contributed by atoms with Crippen LogP contribution in [0.5, 0.6) is 0 Å². The van der Waals surface area contributed by atoms with Crippen molar-refractivity contribution in [3.63, 3.8) is 0 Å². The van der Waals surface area contributed by atoms with Gasteiger partial charge in [-0.3, -0.25) is 4.79 Å². The van der Waals surface area contributed by atoms with Crippen LogP contribution in [0.25, 0.3) is 0 Å². The summed E-state index contributed by atoms with van der Waals surface area (Å²) in [6.45, 7) is -0.325. The number of rotatable bonds is 6. The Labute approximate surface area is 134 Å². The molecule has 0 fully saturated rings. The second-order valence-corrected chi connectivity index (χ2v) is 7.05. The van der Waals surface area contributed by atoms with Gasteiger partial charge in [0.25, 0.3) is 0 Å². The lowest BCUT2D eigenvalue weighted by Crippen LogP contribution is -2.37. The van der Waals surface area contributed by atoms with E-state index >= 15 is 0 Å². The third-order valence-electron chi connectivity index (χ3n) is 2.99. The number of primary amides is 1. The summed E-state index contributed by atoms with van der Waals surface area (Å²) < 4.78 is 26.4. The summed E-state index contributed by atoms with van der Waals surface area (Å²) in [7, 11) is -3.84. The van der Waals surface area contributed by atoms with E-state index in [1.807, 2.05) is 6.07 Å². The molecule has 0 aromatic heterocycles. The Morgan fingerprint density at radius 2 is 1.64 bits per heavy atom. The van der Waals surface area contributed by atoms with E-state index in [1.54, 1.807) is 24.3 Å². The van der Waals surface area contributed by atoms with E-state index in [4.69, 9.17) is 17.3 Å². The standard InChI is InChI=1S/C15H15ClN2O3S/c16-13-6-8-14(9-7-13)22(20,21)18(11-15(17)19)10-12-4-2-1-3-5-12/h1-9H,10-11H2,(H2,17,19). The molecule has 0 aliphatic rings. The van der Waals surface area contributed by atoms with Crippen LogP contribution in [-0.2, 0) is 21.4 Å². The van der Waals surface area contributed by atoms with E-state index in [2.05, 4.69) is 0 Å². The van der Waals surface area contributed by atoms with Gasteiger partial charge < -0.3 is 5.73 Å². The van der Waals surface area contributed by atoms with Crippen LogP contribution in [0.4, 0.5) is 0 Å². The molecule has 2 N–H and O–H groups in total. The summed E-state index contributed by atoms with van der Waals surface area (Å²) in [4.78, 5) is 11.3. The Balaban J connectivity index is 2.35. The van der Waals surface area contributed by atoms with E-state index in [0.29, 0.717) is 5.02 Å². The van der Waals surface area contributed by atoms with Crippen molar-refractivity contribution >= 4 is 27.5 Å². The first kappa shape index (κ1) is 16.5. The van der Waals surface area contributed by atoms with Crippen LogP contribution in [0, 0.1) is 0 Å². The molecule has 0 aliphatic heterocycles. The molecule has 0 saturated carbocycles. The molecule has 116 valence electrons. The third kappa shape index (κ3) is 4.07. The maximum atomic E-state index is 12.7. The SMILES string of the molecule is NC(=O)CN(Cc1ccccc1)S(=O)(=O)c1ccc(Cl)cc1. The maximum absolute atomic E-state index is 12.7. The van der Waals surface area contributed by atoms with Gasteiger partial charge in [0.15, 0.2) is 0 Å². The van der Waals surface area contributed by atoms with Crippen molar-refractivity contribution in [1.82, 2.24) is 4.31 Å². The van der Waals surface area contributed by atoms with Crippen molar-refractivity contribution in [3.05, 3.63) is 65.2 Å². The Morgan fingerprint density at radius 3 is 2.18 bits per heavy atom. The van der Waals surface area contributed by atoms with Crippen molar-refractivity contribution < 1.29 is 13.2 Å². The quantitative estimate of drug-likeness (QED) is 0.875. The number of carbonyl (C=O) groups excluding carboxylic acids is 1. The summed E-state index contributed by atoms with van der Waals surface area (Å²) in [5, 5.41) is 0.434. The molecule has 0 atom stereocenters. The van der Waals surface area contributed by atoms with Gasteiger partial charge in [0.1, 0.15) is 0 Å². The number of hydrogen-bond acceptors (Lipinski definition) is 3. The number of benzene rings is 2. The van der Waals surface area contributed by atoms with Crippen molar-refractivity contribution in [2.45, 2.75) is 11.4 Å². The number of amides is 1. The molecule has 22 heavy (non-hydrogen) atoms. The molecule has 0 heterocycles.